The van der Waals surface area contributed by atoms with Crippen molar-refractivity contribution in [3.63, 3.8) is 0 Å². The number of hydrogen-bond donors (Lipinski definition) is 2. The van der Waals surface area contributed by atoms with E-state index in [0.717, 1.165) is 31.4 Å². The zero-order chi connectivity index (χ0) is 16.3. The molecule has 2 amide bonds. The van der Waals surface area contributed by atoms with E-state index in [1.807, 2.05) is 0 Å². The third-order valence-electron chi connectivity index (χ3n) is 4.68. The molecule has 2 aliphatic rings. The van der Waals surface area contributed by atoms with Crippen LogP contribution in [0.15, 0.2) is 30.1 Å². The molecule has 1 fully saturated rings. The SMILES string of the molecule is COc1ccc(C(=O)NCC23CCCC=C2NC(=O)CC3)cn1. The summed E-state index contributed by atoms with van der Waals surface area (Å²) in [6.07, 6.45) is 7.95. The normalized spacial score (nSPS) is 23.3. The van der Waals surface area contributed by atoms with Gasteiger partial charge in [-0.15, -0.1) is 0 Å². The van der Waals surface area contributed by atoms with Gasteiger partial charge in [0.05, 0.1) is 12.7 Å². The first-order valence-corrected chi connectivity index (χ1v) is 7.92. The summed E-state index contributed by atoms with van der Waals surface area (Å²) in [5.41, 5.74) is 1.35. The molecular weight excluding hydrogens is 294 g/mol. The average Bonchev–Trinajstić information content (AvgIpc) is 2.60. The Morgan fingerprint density at radius 3 is 3.04 bits per heavy atom. The summed E-state index contributed by atoms with van der Waals surface area (Å²) in [6.45, 7) is 0.532. The van der Waals surface area contributed by atoms with Gasteiger partial charge in [-0.3, -0.25) is 9.59 Å². The number of nitrogens with zero attached hydrogens (tertiary/aromatic N) is 1. The summed E-state index contributed by atoms with van der Waals surface area (Å²) in [4.78, 5) is 28.0. The molecule has 1 saturated heterocycles. The van der Waals surface area contributed by atoms with Crippen molar-refractivity contribution in [2.24, 2.45) is 5.41 Å². The third kappa shape index (κ3) is 3.21. The molecule has 0 bridgehead atoms. The van der Waals surface area contributed by atoms with E-state index in [0.29, 0.717) is 24.4 Å². The van der Waals surface area contributed by atoms with Gasteiger partial charge in [-0.25, -0.2) is 4.98 Å². The number of amides is 2. The first-order valence-electron chi connectivity index (χ1n) is 7.92. The molecule has 1 aliphatic carbocycles. The zero-order valence-corrected chi connectivity index (χ0v) is 13.2. The van der Waals surface area contributed by atoms with Gasteiger partial charge >= 0.3 is 0 Å². The van der Waals surface area contributed by atoms with Crippen molar-refractivity contribution in [1.82, 2.24) is 15.6 Å². The molecule has 2 N–H and O–H groups in total. The molecule has 1 atom stereocenters. The Kier molecular flexibility index (Phi) is 4.32. The van der Waals surface area contributed by atoms with Gasteiger partial charge < -0.3 is 15.4 Å². The van der Waals surface area contributed by atoms with Crippen molar-refractivity contribution < 1.29 is 14.3 Å². The van der Waals surface area contributed by atoms with Crippen molar-refractivity contribution in [2.45, 2.75) is 32.1 Å². The van der Waals surface area contributed by atoms with Crippen molar-refractivity contribution in [3.8, 4) is 5.88 Å². The molecule has 23 heavy (non-hydrogen) atoms. The highest BCUT2D eigenvalue weighted by molar-refractivity contribution is 5.94. The van der Waals surface area contributed by atoms with Gasteiger partial charge in [0.25, 0.3) is 5.91 Å². The lowest BCUT2D eigenvalue weighted by Crippen LogP contribution is -2.48. The Bertz CT molecular complexity index is 639. The fraction of sp³-hybridized carbons (Fsp3) is 0.471. The number of carbonyl (C=O) groups is 2. The molecular formula is C17H21N3O3. The molecule has 0 saturated carbocycles. The maximum Gasteiger partial charge on any atom is 0.252 e. The minimum Gasteiger partial charge on any atom is -0.481 e. The fourth-order valence-corrected chi connectivity index (χ4v) is 3.31. The Morgan fingerprint density at radius 1 is 1.43 bits per heavy atom. The van der Waals surface area contributed by atoms with Crippen molar-refractivity contribution in [3.05, 3.63) is 35.7 Å². The van der Waals surface area contributed by atoms with Gasteiger partial charge in [-0.1, -0.05) is 6.08 Å². The van der Waals surface area contributed by atoms with Crippen LogP contribution >= 0.6 is 0 Å². The number of allylic oxidation sites excluding steroid dienone is 1. The summed E-state index contributed by atoms with van der Waals surface area (Å²) in [5.74, 6) is 0.392. The third-order valence-corrected chi connectivity index (χ3v) is 4.68. The van der Waals surface area contributed by atoms with Gasteiger partial charge in [0.1, 0.15) is 0 Å². The van der Waals surface area contributed by atoms with Crippen LogP contribution in [0.2, 0.25) is 0 Å². The monoisotopic (exact) mass is 315 g/mol. The second-order valence-corrected chi connectivity index (χ2v) is 6.11. The number of hydrogen-bond acceptors (Lipinski definition) is 4. The van der Waals surface area contributed by atoms with Crippen LogP contribution < -0.4 is 15.4 Å². The number of nitrogens with one attached hydrogen (secondary N) is 2. The Hall–Kier alpha value is -2.37. The van der Waals surface area contributed by atoms with Crippen LogP contribution in [0.25, 0.3) is 0 Å². The highest BCUT2D eigenvalue weighted by Crippen LogP contribution is 2.42. The molecule has 6 heteroatoms. The summed E-state index contributed by atoms with van der Waals surface area (Å²) < 4.78 is 4.99. The number of carbonyl (C=O) groups excluding carboxylic acids is 2. The highest BCUT2D eigenvalue weighted by atomic mass is 16.5. The molecule has 6 nitrogen and oxygen atoms in total. The van der Waals surface area contributed by atoms with E-state index in [-0.39, 0.29) is 17.2 Å². The van der Waals surface area contributed by atoms with Gasteiger partial charge in [-0.05, 0) is 31.7 Å². The molecule has 3 rings (SSSR count). The summed E-state index contributed by atoms with van der Waals surface area (Å²) in [6, 6.07) is 3.36. The van der Waals surface area contributed by atoms with E-state index in [9.17, 15) is 9.59 Å². The van der Waals surface area contributed by atoms with Crippen molar-refractivity contribution >= 4 is 11.8 Å². The molecule has 1 aromatic heterocycles. The Morgan fingerprint density at radius 2 is 2.30 bits per heavy atom. The molecule has 1 unspecified atom stereocenters. The predicted octanol–water partition coefficient (Wildman–Crippen LogP) is 1.78. The molecule has 0 spiro atoms. The highest BCUT2D eigenvalue weighted by Gasteiger charge is 2.40. The number of ether oxygens (including phenoxy) is 1. The first-order chi connectivity index (χ1) is 11.1. The zero-order valence-electron chi connectivity index (χ0n) is 13.2. The lowest BCUT2D eigenvalue weighted by Gasteiger charge is -2.42. The number of aromatic nitrogens is 1. The average molecular weight is 315 g/mol. The van der Waals surface area contributed by atoms with E-state index < -0.39 is 0 Å². The van der Waals surface area contributed by atoms with E-state index in [1.54, 1.807) is 12.1 Å². The largest absolute Gasteiger partial charge is 0.481 e. The van der Waals surface area contributed by atoms with Gasteiger partial charge in [-0.2, -0.15) is 0 Å². The predicted molar refractivity (Wildman–Crippen MR) is 84.9 cm³/mol. The number of pyridine rings is 1. The second-order valence-electron chi connectivity index (χ2n) is 6.11. The van der Waals surface area contributed by atoms with E-state index >= 15 is 0 Å². The van der Waals surface area contributed by atoms with Gasteiger partial charge in [0.15, 0.2) is 0 Å². The van der Waals surface area contributed by atoms with Crippen LogP contribution in [0, 0.1) is 5.41 Å². The molecule has 2 heterocycles. The molecule has 1 aromatic rings. The van der Waals surface area contributed by atoms with Gasteiger partial charge in [0, 0.05) is 36.3 Å². The number of rotatable bonds is 4. The molecule has 122 valence electrons. The summed E-state index contributed by atoms with van der Waals surface area (Å²) >= 11 is 0. The van der Waals surface area contributed by atoms with E-state index in [2.05, 4.69) is 21.7 Å². The quantitative estimate of drug-likeness (QED) is 0.887. The van der Waals surface area contributed by atoms with Crippen LogP contribution in [-0.2, 0) is 4.79 Å². The molecule has 1 aliphatic heterocycles. The van der Waals surface area contributed by atoms with Crippen molar-refractivity contribution in [1.29, 1.82) is 0 Å². The van der Waals surface area contributed by atoms with Crippen molar-refractivity contribution in [2.75, 3.05) is 13.7 Å². The standard InChI is InChI=1S/C17H21N3O3/c1-23-15-6-5-12(10-18-15)16(22)19-11-17-8-3-2-4-13(17)20-14(21)7-9-17/h4-6,10H,2-3,7-9,11H2,1H3,(H,19,22)(H,20,21). The van der Waals surface area contributed by atoms with Crippen LogP contribution in [-0.4, -0.2) is 30.5 Å². The lowest BCUT2D eigenvalue weighted by atomic mass is 9.70. The fourth-order valence-electron chi connectivity index (χ4n) is 3.31. The number of fused-ring (bicyclic) bond motifs is 1. The van der Waals surface area contributed by atoms with Crippen LogP contribution in [0.4, 0.5) is 0 Å². The maximum absolute atomic E-state index is 12.3. The minimum absolute atomic E-state index is 0.0689. The first kappa shape index (κ1) is 15.5. The van der Waals surface area contributed by atoms with Gasteiger partial charge in [0.2, 0.25) is 11.8 Å². The Balaban J connectivity index is 1.68. The van der Waals surface area contributed by atoms with Crippen LogP contribution in [0.5, 0.6) is 5.88 Å². The van der Waals surface area contributed by atoms with Crippen LogP contribution in [0.3, 0.4) is 0 Å². The molecule has 0 aromatic carbocycles. The Labute approximate surface area is 135 Å². The lowest BCUT2D eigenvalue weighted by molar-refractivity contribution is -0.122. The topological polar surface area (TPSA) is 80.3 Å². The maximum atomic E-state index is 12.3. The molecule has 0 radical (unpaired) electrons. The van der Waals surface area contributed by atoms with Crippen LogP contribution in [0.1, 0.15) is 42.5 Å². The van der Waals surface area contributed by atoms with E-state index in [1.165, 1.54) is 13.3 Å². The minimum atomic E-state index is -0.156. The summed E-state index contributed by atoms with van der Waals surface area (Å²) in [5, 5.41) is 5.98. The second kappa shape index (κ2) is 6.40. The summed E-state index contributed by atoms with van der Waals surface area (Å²) in [7, 11) is 1.54. The number of methoxy groups -OCH3 is 1. The smallest absolute Gasteiger partial charge is 0.252 e. The number of piperidine rings is 1. The van der Waals surface area contributed by atoms with E-state index in [4.69, 9.17) is 4.74 Å².